The predicted molar refractivity (Wildman–Crippen MR) is 128 cm³/mol. The third kappa shape index (κ3) is 5.34. The second-order valence-corrected chi connectivity index (χ2v) is 8.62. The van der Waals surface area contributed by atoms with Gasteiger partial charge in [0.15, 0.2) is 0 Å². The lowest BCUT2D eigenvalue weighted by atomic mass is 10.1. The molecule has 33 heavy (non-hydrogen) atoms. The number of piperazine rings is 1. The Balaban J connectivity index is 1.30. The number of methoxy groups -OCH3 is 2. The first-order valence-electron chi connectivity index (χ1n) is 10.9. The molecular formula is C25H27N3O4S. The summed E-state index contributed by atoms with van der Waals surface area (Å²) in [7, 11) is 3.26. The highest BCUT2D eigenvalue weighted by Crippen LogP contribution is 2.32. The van der Waals surface area contributed by atoms with Crippen LogP contribution < -0.4 is 9.47 Å². The second-order valence-electron chi connectivity index (χ2n) is 7.76. The van der Waals surface area contributed by atoms with E-state index in [1.165, 1.54) is 11.3 Å². The molecule has 172 valence electrons. The summed E-state index contributed by atoms with van der Waals surface area (Å²) in [6.45, 7) is 2.09. The molecule has 1 aliphatic heterocycles. The van der Waals surface area contributed by atoms with Crippen LogP contribution in [-0.2, 0) is 11.2 Å². The van der Waals surface area contributed by atoms with Crippen LogP contribution in [0.2, 0.25) is 0 Å². The number of carbonyl (C=O) groups excluding carboxylic acids is 2. The van der Waals surface area contributed by atoms with Gasteiger partial charge in [-0.3, -0.25) is 9.59 Å². The zero-order chi connectivity index (χ0) is 23.2. The smallest absolute Gasteiger partial charge is 0.273 e. The molecule has 0 bridgehead atoms. The van der Waals surface area contributed by atoms with E-state index < -0.39 is 0 Å². The van der Waals surface area contributed by atoms with E-state index in [-0.39, 0.29) is 11.8 Å². The largest absolute Gasteiger partial charge is 0.497 e. The third-order valence-corrected chi connectivity index (χ3v) is 6.64. The number of hydrogen-bond donors (Lipinski definition) is 0. The van der Waals surface area contributed by atoms with Crippen LogP contribution in [0.1, 0.15) is 22.5 Å². The number of thiazole rings is 1. The summed E-state index contributed by atoms with van der Waals surface area (Å²) in [6, 6.07) is 15.4. The molecule has 8 heteroatoms. The van der Waals surface area contributed by atoms with Gasteiger partial charge in [0, 0.05) is 38.0 Å². The number of aryl methyl sites for hydroxylation is 1. The quantitative estimate of drug-likeness (QED) is 0.532. The molecular weight excluding hydrogens is 438 g/mol. The highest BCUT2D eigenvalue weighted by molar-refractivity contribution is 7.13. The predicted octanol–water partition coefficient (Wildman–Crippen LogP) is 3.74. The maximum atomic E-state index is 13.0. The molecule has 2 heterocycles. The van der Waals surface area contributed by atoms with Gasteiger partial charge in [-0.1, -0.05) is 24.3 Å². The minimum absolute atomic E-state index is 0.0993. The summed E-state index contributed by atoms with van der Waals surface area (Å²) < 4.78 is 10.6. The van der Waals surface area contributed by atoms with E-state index in [0.717, 1.165) is 27.6 Å². The van der Waals surface area contributed by atoms with Crippen molar-refractivity contribution in [2.45, 2.75) is 12.8 Å². The standard InChI is InChI=1S/C25H27N3O4S/c1-31-19-10-7-18(8-11-19)9-12-23(29)27-13-15-28(16-14-27)25(30)21-17-33-24(26-21)20-5-3-4-6-22(20)32-2/h3-8,10-11,17H,9,12-16H2,1-2H3. The maximum Gasteiger partial charge on any atom is 0.273 e. The van der Waals surface area contributed by atoms with Crippen LogP contribution in [0.4, 0.5) is 0 Å². The van der Waals surface area contributed by atoms with Crippen LogP contribution in [0, 0.1) is 0 Å². The van der Waals surface area contributed by atoms with Crippen LogP contribution >= 0.6 is 11.3 Å². The zero-order valence-electron chi connectivity index (χ0n) is 18.8. The first-order valence-corrected chi connectivity index (χ1v) is 11.8. The van der Waals surface area contributed by atoms with E-state index in [2.05, 4.69) is 4.98 Å². The Hall–Kier alpha value is -3.39. The van der Waals surface area contributed by atoms with Gasteiger partial charge in [-0.2, -0.15) is 0 Å². The number of ether oxygens (including phenoxy) is 2. The summed E-state index contributed by atoms with van der Waals surface area (Å²) >= 11 is 1.43. The number of carbonyl (C=O) groups is 2. The number of rotatable bonds is 7. The molecule has 0 spiro atoms. The summed E-state index contributed by atoms with van der Waals surface area (Å²) in [5.74, 6) is 1.55. The molecule has 3 aromatic rings. The minimum atomic E-state index is -0.0993. The van der Waals surface area contributed by atoms with Gasteiger partial charge in [0.25, 0.3) is 5.91 Å². The minimum Gasteiger partial charge on any atom is -0.497 e. The first kappa shape index (κ1) is 22.8. The van der Waals surface area contributed by atoms with Gasteiger partial charge in [0.1, 0.15) is 22.2 Å². The molecule has 4 rings (SSSR count). The molecule has 1 aliphatic rings. The van der Waals surface area contributed by atoms with E-state index in [9.17, 15) is 9.59 Å². The highest BCUT2D eigenvalue weighted by Gasteiger charge is 2.26. The van der Waals surface area contributed by atoms with Gasteiger partial charge < -0.3 is 19.3 Å². The Labute approximate surface area is 197 Å². The van der Waals surface area contributed by atoms with Crippen LogP contribution in [0.5, 0.6) is 11.5 Å². The van der Waals surface area contributed by atoms with Gasteiger partial charge in [-0.25, -0.2) is 4.98 Å². The fourth-order valence-corrected chi connectivity index (χ4v) is 4.66. The van der Waals surface area contributed by atoms with E-state index in [4.69, 9.17) is 9.47 Å². The van der Waals surface area contributed by atoms with Crippen molar-refractivity contribution in [3.8, 4) is 22.1 Å². The molecule has 0 saturated carbocycles. The molecule has 1 saturated heterocycles. The summed E-state index contributed by atoms with van der Waals surface area (Å²) in [4.78, 5) is 33.8. The highest BCUT2D eigenvalue weighted by atomic mass is 32.1. The van der Waals surface area contributed by atoms with Gasteiger partial charge in [-0.15, -0.1) is 11.3 Å². The van der Waals surface area contributed by atoms with Crippen molar-refractivity contribution in [3.63, 3.8) is 0 Å². The van der Waals surface area contributed by atoms with Crippen molar-refractivity contribution in [1.82, 2.24) is 14.8 Å². The molecule has 2 aromatic carbocycles. The van der Waals surface area contributed by atoms with Crippen molar-refractivity contribution < 1.29 is 19.1 Å². The fraction of sp³-hybridized carbons (Fsp3) is 0.320. The molecule has 7 nitrogen and oxygen atoms in total. The number of hydrogen-bond acceptors (Lipinski definition) is 6. The lowest BCUT2D eigenvalue weighted by Crippen LogP contribution is -2.50. The molecule has 0 unspecified atom stereocenters. The number of amides is 2. The van der Waals surface area contributed by atoms with Crippen molar-refractivity contribution in [1.29, 1.82) is 0 Å². The number of benzene rings is 2. The Morgan fingerprint density at radius 1 is 0.939 bits per heavy atom. The molecule has 0 atom stereocenters. The van der Waals surface area contributed by atoms with Crippen molar-refractivity contribution in [3.05, 3.63) is 65.2 Å². The molecule has 1 aromatic heterocycles. The molecule has 0 N–H and O–H groups in total. The molecule has 0 aliphatic carbocycles. The van der Waals surface area contributed by atoms with E-state index >= 15 is 0 Å². The van der Waals surface area contributed by atoms with Crippen LogP contribution in [0.25, 0.3) is 10.6 Å². The van der Waals surface area contributed by atoms with Crippen molar-refractivity contribution >= 4 is 23.2 Å². The Morgan fingerprint density at radius 2 is 1.64 bits per heavy atom. The number of nitrogens with zero attached hydrogens (tertiary/aromatic N) is 3. The van der Waals surface area contributed by atoms with Gasteiger partial charge in [0.05, 0.1) is 19.8 Å². The summed E-state index contributed by atoms with van der Waals surface area (Å²) in [5, 5.41) is 2.54. The Bertz CT molecular complexity index is 1100. The number of para-hydroxylation sites is 1. The molecule has 2 amide bonds. The van der Waals surface area contributed by atoms with E-state index in [1.54, 1.807) is 24.5 Å². The maximum absolute atomic E-state index is 13.0. The van der Waals surface area contributed by atoms with Gasteiger partial charge >= 0.3 is 0 Å². The molecule has 0 radical (unpaired) electrons. The molecule has 1 fully saturated rings. The van der Waals surface area contributed by atoms with Crippen molar-refractivity contribution in [2.75, 3.05) is 40.4 Å². The number of aromatic nitrogens is 1. The third-order valence-electron chi connectivity index (χ3n) is 5.77. The Morgan fingerprint density at radius 3 is 2.33 bits per heavy atom. The zero-order valence-corrected chi connectivity index (χ0v) is 19.6. The normalized spacial score (nSPS) is 13.6. The van der Waals surface area contributed by atoms with E-state index in [0.29, 0.717) is 44.7 Å². The second kappa shape index (κ2) is 10.5. The lowest BCUT2D eigenvalue weighted by molar-refractivity contribution is -0.132. The van der Waals surface area contributed by atoms with Crippen LogP contribution in [-0.4, -0.2) is 67.0 Å². The van der Waals surface area contributed by atoms with Crippen LogP contribution in [0.15, 0.2) is 53.9 Å². The SMILES string of the molecule is COc1ccc(CCC(=O)N2CCN(C(=O)c3csc(-c4ccccc4OC)n3)CC2)cc1. The average molecular weight is 466 g/mol. The lowest BCUT2D eigenvalue weighted by Gasteiger charge is -2.34. The average Bonchev–Trinajstić information content (AvgIpc) is 3.37. The first-order chi connectivity index (χ1) is 16.1. The Kier molecular flexibility index (Phi) is 7.24. The topological polar surface area (TPSA) is 72.0 Å². The van der Waals surface area contributed by atoms with E-state index in [1.807, 2.05) is 53.4 Å². The summed E-state index contributed by atoms with van der Waals surface area (Å²) in [6.07, 6.45) is 1.14. The van der Waals surface area contributed by atoms with Gasteiger partial charge in [-0.05, 0) is 36.2 Å². The fourth-order valence-electron chi connectivity index (χ4n) is 3.84. The van der Waals surface area contributed by atoms with Crippen LogP contribution in [0.3, 0.4) is 0 Å². The van der Waals surface area contributed by atoms with Gasteiger partial charge in [0.2, 0.25) is 5.91 Å². The summed E-state index contributed by atoms with van der Waals surface area (Å²) in [5.41, 5.74) is 2.41. The van der Waals surface area contributed by atoms with Crippen molar-refractivity contribution in [2.24, 2.45) is 0 Å². The monoisotopic (exact) mass is 465 g/mol.